The van der Waals surface area contributed by atoms with E-state index in [1.54, 1.807) is 14.0 Å². The maximum atomic E-state index is 10.5. The van der Waals surface area contributed by atoms with Gasteiger partial charge in [-0.2, -0.15) is 0 Å². The van der Waals surface area contributed by atoms with Crippen molar-refractivity contribution in [2.45, 2.75) is 48.3 Å². The van der Waals surface area contributed by atoms with E-state index in [9.17, 15) is 10.2 Å². The van der Waals surface area contributed by atoms with Crippen LogP contribution in [0.3, 0.4) is 0 Å². The first-order chi connectivity index (χ1) is 12.6. The smallest absolute Gasteiger partial charge is 0.136 e. The van der Waals surface area contributed by atoms with Crippen molar-refractivity contribution < 1.29 is 24.4 Å². The summed E-state index contributed by atoms with van der Waals surface area (Å²) < 4.78 is 17.0. The Balaban J connectivity index is 1.70. The average molecular weight is 376 g/mol. The minimum Gasteiger partial charge on any atom is -0.497 e. The fraction of sp³-hybridized carbons (Fsp3) is 0.400. The van der Waals surface area contributed by atoms with Gasteiger partial charge in [0.2, 0.25) is 0 Å². The monoisotopic (exact) mass is 376 g/mol. The molecule has 1 fully saturated rings. The summed E-state index contributed by atoms with van der Waals surface area (Å²) in [6.45, 7) is 2.06. The molecule has 6 heteroatoms. The molecule has 0 aromatic heterocycles. The Hall–Kier alpha value is -1.57. The number of thioether (sulfide) groups is 1. The Bertz CT molecular complexity index is 678. The van der Waals surface area contributed by atoms with Crippen LogP contribution in [0.4, 0.5) is 0 Å². The summed E-state index contributed by atoms with van der Waals surface area (Å²) in [6, 6.07) is 17.4. The summed E-state index contributed by atoms with van der Waals surface area (Å²) in [6.07, 6.45) is -3.11. The van der Waals surface area contributed by atoms with Gasteiger partial charge in [-0.15, -0.1) is 0 Å². The highest BCUT2D eigenvalue weighted by Gasteiger charge is 2.43. The van der Waals surface area contributed by atoms with Gasteiger partial charge in [-0.1, -0.05) is 42.1 Å². The highest BCUT2D eigenvalue weighted by atomic mass is 32.2. The number of methoxy groups -OCH3 is 1. The van der Waals surface area contributed by atoms with E-state index in [4.69, 9.17) is 14.2 Å². The molecule has 3 rings (SSSR count). The largest absolute Gasteiger partial charge is 0.497 e. The average Bonchev–Trinajstić information content (AvgIpc) is 2.67. The molecule has 0 aliphatic carbocycles. The van der Waals surface area contributed by atoms with Gasteiger partial charge in [-0.05, 0) is 36.8 Å². The zero-order valence-corrected chi connectivity index (χ0v) is 15.6. The van der Waals surface area contributed by atoms with Crippen molar-refractivity contribution in [3.8, 4) is 5.75 Å². The molecule has 2 aromatic carbocycles. The maximum absolute atomic E-state index is 10.5. The predicted octanol–water partition coefficient (Wildman–Crippen LogP) is 2.84. The topological polar surface area (TPSA) is 68.2 Å². The van der Waals surface area contributed by atoms with Crippen LogP contribution in [0.15, 0.2) is 59.5 Å². The number of ether oxygens (including phenoxy) is 3. The van der Waals surface area contributed by atoms with Crippen LogP contribution in [0.2, 0.25) is 0 Å². The third kappa shape index (κ3) is 4.58. The summed E-state index contributed by atoms with van der Waals surface area (Å²) in [5, 5.41) is 20.7. The molecule has 1 aliphatic heterocycles. The van der Waals surface area contributed by atoms with Gasteiger partial charge in [-0.3, -0.25) is 0 Å². The Morgan fingerprint density at radius 3 is 2.35 bits per heavy atom. The maximum Gasteiger partial charge on any atom is 0.136 e. The van der Waals surface area contributed by atoms with Gasteiger partial charge in [0, 0.05) is 4.90 Å². The number of hydrogen-bond donors (Lipinski definition) is 2. The van der Waals surface area contributed by atoms with E-state index < -0.39 is 29.9 Å². The zero-order valence-electron chi connectivity index (χ0n) is 14.8. The molecule has 2 aromatic rings. The number of aliphatic hydroxyl groups excluding tert-OH is 2. The zero-order chi connectivity index (χ0) is 18.5. The van der Waals surface area contributed by atoms with Gasteiger partial charge in [0.1, 0.15) is 29.5 Å². The second-order valence-electron chi connectivity index (χ2n) is 6.25. The van der Waals surface area contributed by atoms with Gasteiger partial charge in [-0.25, -0.2) is 0 Å². The summed E-state index contributed by atoms with van der Waals surface area (Å²) in [7, 11) is 1.62. The number of rotatable bonds is 6. The van der Waals surface area contributed by atoms with Crippen LogP contribution in [-0.4, -0.2) is 47.2 Å². The molecule has 140 valence electrons. The lowest BCUT2D eigenvalue weighted by Gasteiger charge is -2.41. The van der Waals surface area contributed by atoms with Crippen LogP contribution >= 0.6 is 11.8 Å². The van der Waals surface area contributed by atoms with Crippen LogP contribution in [0.25, 0.3) is 0 Å². The number of hydrogen-bond acceptors (Lipinski definition) is 6. The van der Waals surface area contributed by atoms with E-state index in [0.29, 0.717) is 6.61 Å². The Kier molecular flexibility index (Phi) is 6.56. The molecule has 0 radical (unpaired) electrons. The highest BCUT2D eigenvalue weighted by Crippen LogP contribution is 2.35. The molecule has 5 nitrogen and oxygen atoms in total. The SMILES string of the molecule is COc1ccc(CO[C@H]2[C@H](O)[C@H](O)[C@H](C)O[C@@H]2Sc2ccccc2)cc1. The second kappa shape index (κ2) is 8.88. The fourth-order valence-corrected chi connectivity index (χ4v) is 4.01. The highest BCUT2D eigenvalue weighted by molar-refractivity contribution is 7.99. The van der Waals surface area contributed by atoms with Crippen molar-refractivity contribution in [3.63, 3.8) is 0 Å². The molecule has 0 spiro atoms. The molecule has 2 N–H and O–H groups in total. The summed E-state index contributed by atoms with van der Waals surface area (Å²) in [4.78, 5) is 1.02. The van der Waals surface area contributed by atoms with Gasteiger partial charge < -0.3 is 24.4 Å². The van der Waals surface area contributed by atoms with E-state index in [-0.39, 0.29) is 0 Å². The van der Waals surface area contributed by atoms with Crippen molar-refractivity contribution in [1.29, 1.82) is 0 Å². The molecule has 0 saturated carbocycles. The molecule has 0 unspecified atom stereocenters. The Labute approximate surface area is 157 Å². The first-order valence-electron chi connectivity index (χ1n) is 8.56. The molecule has 1 aliphatic rings. The molecule has 26 heavy (non-hydrogen) atoms. The van der Waals surface area contributed by atoms with Crippen molar-refractivity contribution in [1.82, 2.24) is 0 Å². The minimum atomic E-state index is -1.02. The minimum absolute atomic E-state index is 0.308. The van der Waals surface area contributed by atoms with Crippen LogP contribution in [0.5, 0.6) is 5.75 Å². The van der Waals surface area contributed by atoms with Gasteiger partial charge in [0.25, 0.3) is 0 Å². The van der Waals surface area contributed by atoms with Gasteiger partial charge in [0.05, 0.1) is 19.8 Å². The molecular weight excluding hydrogens is 352 g/mol. The molecule has 0 amide bonds. The Morgan fingerprint density at radius 2 is 1.69 bits per heavy atom. The van der Waals surface area contributed by atoms with E-state index in [1.165, 1.54) is 11.8 Å². The van der Waals surface area contributed by atoms with E-state index in [0.717, 1.165) is 16.2 Å². The summed E-state index contributed by atoms with van der Waals surface area (Å²) in [5.41, 5.74) is 0.540. The second-order valence-corrected chi connectivity index (χ2v) is 7.42. The van der Waals surface area contributed by atoms with E-state index >= 15 is 0 Å². The molecule has 1 saturated heterocycles. The lowest BCUT2D eigenvalue weighted by atomic mass is 10.0. The first kappa shape index (κ1) is 19.2. The number of benzene rings is 2. The Morgan fingerprint density at radius 1 is 1.00 bits per heavy atom. The van der Waals surface area contributed by atoms with Gasteiger partial charge in [0.15, 0.2) is 0 Å². The fourth-order valence-electron chi connectivity index (χ4n) is 2.82. The van der Waals surface area contributed by atoms with Crippen molar-refractivity contribution in [2.24, 2.45) is 0 Å². The lowest BCUT2D eigenvalue weighted by Crippen LogP contribution is -2.56. The van der Waals surface area contributed by atoms with E-state index in [2.05, 4.69) is 0 Å². The molecule has 1 heterocycles. The third-order valence-electron chi connectivity index (χ3n) is 4.38. The summed E-state index contributed by atoms with van der Waals surface area (Å²) >= 11 is 1.49. The normalized spacial score (nSPS) is 28.7. The third-order valence-corrected chi connectivity index (χ3v) is 5.54. The van der Waals surface area contributed by atoms with Crippen molar-refractivity contribution in [3.05, 3.63) is 60.2 Å². The van der Waals surface area contributed by atoms with Crippen molar-refractivity contribution >= 4 is 11.8 Å². The van der Waals surface area contributed by atoms with Crippen LogP contribution in [0.1, 0.15) is 12.5 Å². The molecule has 5 atom stereocenters. The van der Waals surface area contributed by atoms with E-state index in [1.807, 2.05) is 54.6 Å². The standard InChI is InChI=1S/C20H24O5S/c1-13-17(21)18(22)19(20(25-13)26-16-6-4-3-5-7-16)24-12-14-8-10-15(23-2)11-9-14/h3-11,13,17-22H,12H2,1-2H3/t13-,17+,18+,19-,20+/m0/s1. The van der Waals surface area contributed by atoms with Crippen LogP contribution in [0, 0.1) is 0 Å². The number of aliphatic hydroxyl groups is 2. The predicted molar refractivity (Wildman–Crippen MR) is 100 cm³/mol. The van der Waals surface area contributed by atoms with Crippen LogP contribution in [-0.2, 0) is 16.1 Å². The molecular formula is C20H24O5S. The quantitative estimate of drug-likeness (QED) is 0.808. The first-order valence-corrected chi connectivity index (χ1v) is 9.44. The molecule has 0 bridgehead atoms. The lowest BCUT2D eigenvalue weighted by molar-refractivity contribution is -0.210. The summed E-state index contributed by atoms with van der Waals surface area (Å²) in [5.74, 6) is 0.775. The van der Waals surface area contributed by atoms with Crippen LogP contribution < -0.4 is 4.74 Å². The van der Waals surface area contributed by atoms with Gasteiger partial charge >= 0.3 is 0 Å². The van der Waals surface area contributed by atoms with Crippen molar-refractivity contribution in [2.75, 3.05) is 7.11 Å².